The molecule has 0 heterocycles. The first-order valence-electron chi connectivity index (χ1n) is 7.27. The van der Waals surface area contributed by atoms with E-state index in [4.69, 9.17) is 0 Å². The fraction of sp³-hybridized carbons (Fsp3) is 0.278. The zero-order chi connectivity index (χ0) is 15.2. The third-order valence-electron chi connectivity index (χ3n) is 3.40. The summed E-state index contributed by atoms with van der Waals surface area (Å²) in [4.78, 5) is 12.5. The van der Waals surface area contributed by atoms with Gasteiger partial charge in [-0.25, -0.2) is 5.43 Å². The van der Waals surface area contributed by atoms with Gasteiger partial charge in [0, 0.05) is 6.04 Å². The summed E-state index contributed by atoms with van der Waals surface area (Å²) in [5.74, 6) is -0.264. The van der Waals surface area contributed by atoms with Crippen LogP contribution in [0, 0.1) is 0 Å². The third-order valence-corrected chi connectivity index (χ3v) is 3.40. The van der Waals surface area contributed by atoms with Gasteiger partial charge in [0.1, 0.15) is 0 Å². The number of allylic oxidation sites excluding steroid dienone is 1. The van der Waals surface area contributed by atoms with Crippen molar-refractivity contribution < 1.29 is 4.79 Å². The van der Waals surface area contributed by atoms with Crippen LogP contribution in [0.1, 0.15) is 31.7 Å². The zero-order valence-corrected chi connectivity index (χ0v) is 12.6. The summed E-state index contributed by atoms with van der Waals surface area (Å²) < 4.78 is 0. The molecule has 0 aliphatic heterocycles. The van der Waals surface area contributed by atoms with Crippen molar-refractivity contribution in [1.82, 2.24) is 10.9 Å². The average molecular weight is 282 g/mol. The molecule has 0 saturated heterocycles. The van der Waals surface area contributed by atoms with Crippen LogP contribution in [0.25, 0.3) is 10.8 Å². The smallest absolute Gasteiger partial charge is 0.241 e. The Balaban J connectivity index is 2.36. The Hall–Kier alpha value is -2.13. The predicted molar refractivity (Wildman–Crippen MR) is 87.9 cm³/mol. The lowest BCUT2D eigenvalue weighted by atomic mass is 9.90. The monoisotopic (exact) mass is 282 g/mol. The van der Waals surface area contributed by atoms with Gasteiger partial charge in [0.25, 0.3) is 0 Å². The number of carbonyl (C=O) groups is 1. The largest absolute Gasteiger partial charge is 0.291 e. The molecule has 110 valence electrons. The fourth-order valence-corrected chi connectivity index (χ4v) is 2.40. The van der Waals surface area contributed by atoms with E-state index in [0.29, 0.717) is 6.42 Å². The van der Waals surface area contributed by atoms with Crippen molar-refractivity contribution in [2.45, 2.75) is 32.2 Å². The molecule has 0 saturated carbocycles. The molecule has 0 fully saturated rings. The highest BCUT2D eigenvalue weighted by molar-refractivity contribution is 5.92. The molecule has 0 aliphatic carbocycles. The van der Waals surface area contributed by atoms with Gasteiger partial charge in [0.2, 0.25) is 5.91 Å². The maximum atomic E-state index is 12.5. The van der Waals surface area contributed by atoms with Crippen LogP contribution in [0.3, 0.4) is 0 Å². The molecule has 2 aromatic carbocycles. The molecule has 2 rings (SSSR count). The highest BCUT2D eigenvalue weighted by Crippen LogP contribution is 2.28. The molecule has 21 heavy (non-hydrogen) atoms. The van der Waals surface area contributed by atoms with Crippen LogP contribution in [0.15, 0.2) is 55.1 Å². The summed E-state index contributed by atoms with van der Waals surface area (Å²) >= 11 is 0. The molecular weight excluding hydrogens is 260 g/mol. The van der Waals surface area contributed by atoms with Gasteiger partial charge in [-0.1, -0.05) is 48.5 Å². The van der Waals surface area contributed by atoms with Crippen LogP contribution in [-0.2, 0) is 4.79 Å². The number of rotatable bonds is 6. The van der Waals surface area contributed by atoms with Crippen LogP contribution in [0.4, 0.5) is 0 Å². The van der Waals surface area contributed by atoms with Crippen molar-refractivity contribution in [3.8, 4) is 0 Å². The van der Waals surface area contributed by atoms with Gasteiger partial charge in [0.05, 0.1) is 5.92 Å². The molecule has 0 aromatic heterocycles. The second kappa shape index (κ2) is 7.04. The fourth-order valence-electron chi connectivity index (χ4n) is 2.40. The lowest BCUT2D eigenvalue weighted by molar-refractivity contribution is -0.123. The summed E-state index contributed by atoms with van der Waals surface area (Å²) in [6.07, 6.45) is 2.40. The highest BCUT2D eigenvalue weighted by Gasteiger charge is 2.21. The van der Waals surface area contributed by atoms with Gasteiger partial charge >= 0.3 is 0 Å². The van der Waals surface area contributed by atoms with Crippen LogP contribution in [0.2, 0.25) is 0 Å². The van der Waals surface area contributed by atoms with Crippen molar-refractivity contribution in [1.29, 1.82) is 0 Å². The number of hydrogen-bond acceptors (Lipinski definition) is 2. The van der Waals surface area contributed by atoms with Gasteiger partial charge in [0.15, 0.2) is 0 Å². The molecular formula is C18H22N2O. The summed E-state index contributed by atoms with van der Waals surface area (Å²) in [6, 6.07) is 14.4. The zero-order valence-electron chi connectivity index (χ0n) is 12.6. The summed E-state index contributed by atoms with van der Waals surface area (Å²) in [7, 11) is 0. The number of hydrogen-bond donors (Lipinski definition) is 2. The standard InChI is InChI=1S/C18H22N2O/c1-4-8-17(18(21)20-19-13(2)3)16-12-7-10-14-9-5-6-11-15(14)16/h4-7,9-13,17,19H,1,8H2,2-3H3,(H,20,21). The minimum Gasteiger partial charge on any atom is -0.291 e. The van der Waals surface area contributed by atoms with Crippen LogP contribution >= 0.6 is 0 Å². The Labute approximate surface area is 126 Å². The van der Waals surface area contributed by atoms with E-state index in [1.165, 1.54) is 0 Å². The van der Waals surface area contributed by atoms with E-state index in [1.807, 2.05) is 38.1 Å². The normalized spacial score (nSPS) is 12.3. The molecule has 0 spiro atoms. The molecule has 0 bridgehead atoms. The quantitative estimate of drug-likeness (QED) is 0.628. The summed E-state index contributed by atoms with van der Waals surface area (Å²) in [5, 5.41) is 2.26. The third kappa shape index (κ3) is 3.70. The van der Waals surface area contributed by atoms with Crippen molar-refractivity contribution in [2.24, 2.45) is 0 Å². The lowest BCUT2D eigenvalue weighted by Gasteiger charge is -2.19. The van der Waals surface area contributed by atoms with Crippen LogP contribution in [-0.4, -0.2) is 11.9 Å². The number of carbonyl (C=O) groups excluding carboxylic acids is 1. The van der Waals surface area contributed by atoms with Crippen molar-refractivity contribution >= 4 is 16.7 Å². The first-order valence-corrected chi connectivity index (χ1v) is 7.27. The minimum atomic E-state index is -0.236. The second-order valence-corrected chi connectivity index (χ2v) is 5.43. The molecule has 3 heteroatoms. The van der Waals surface area contributed by atoms with Gasteiger partial charge in [-0.05, 0) is 36.6 Å². The number of hydrazine groups is 1. The minimum absolute atomic E-state index is 0.0278. The Morgan fingerprint density at radius 3 is 2.62 bits per heavy atom. The van der Waals surface area contributed by atoms with Gasteiger partial charge in [-0.15, -0.1) is 6.58 Å². The molecule has 2 aromatic rings. The summed E-state index contributed by atoms with van der Waals surface area (Å²) in [5.41, 5.74) is 6.80. The van der Waals surface area contributed by atoms with E-state index in [0.717, 1.165) is 16.3 Å². The molecule has 0 aliphatic rings. The molecule has 1 amide bonds. The number of amides is 1. The Morgan fingerprint density at radius 2 is 1.90 bits per heavy atom. The SMILES string of the molecule is C=CCC(C(=O)NNC(C)C)c1cccc2ccccc12. The van der Waals surface area contributed by atoms with Gasteiger partial charge < -0.3 is 0 Å². The van der Waals surface area contributed by atoms with E-state index in [2.05, 4.69) is 35.6 Å². The molecule has 3 nitrogen and oxygen atoms in total. The maximum Gasteiger partial charge on any atom is 0.241 e. The molecule has 1 unspecified atom stereocenters. The van der Waals surface area contributed by atoms with E-state index in [9.17, 15) is 4.79 Å². The van der Waals surface area contributed by atoms with Gasteiger partial charge in [-0.3, -0.25) is 10.2 Å². The molecule has 2 N–H and O–H groups in total. The van der Waals surface area contributed by atoms with E-state index >= 15 is 0 Å². The molecule has 0 radical (unpaired) electrons. The van der Waals surface area contributed by atoms with Crippen LogP contribution < -0.4 is 10.9 Å². The number of fused-ring (bicyclic) bond motifs is 1. The maximum absolute atomic E-state index is 12.5. The highest BCUT2D eigenvalue weighted by atomic mass is 16.2. The Kier molecular flexibility index (Phi) is 5.12. The van der Waals surface area contributed by atoms with Gasteiger partial charge in [-0.2, -0.15) is 0 Å². The van der Waals surface area contributed by atoms with E-state index in [-0.39, 0.29) is 17.9 Å². The second-order valence-electron chi connectivity index (χ2n) is 5.43. The first-order chi connectivity index (χ1) is 10.1. The molecule has 1 atom stereocenters. The topological polar surface area (TPSA) is 41.1 Å². The first kappa shape index (κ1) is 15.3. The van der Waals surface area contributed by atoms with E-state index in [1.54, 1.807) is 6.08 Å². The summed E-state index contributed by atoms with van der Waals surface area (Å²) in [6.45, 7) is 7.76. The average Bonchev–Trinajstić information content (AvgIpc) is 2.50. The Bertz CT molecular complexity index is 629. The lowest BCUT2D eigenvalue weighted by Crippen LogP contribution is -2.44. The Morgan fingerprint density at radius 1 is 1.19 bits per heavy atom. The number of benzene rings is 2. The van der Waals surface area contributed by atoms with Crippen molar-refractivity contribution in [3.63, 3.8) is 0 Å². The number of nitrogens with one attached hydrogen (secondary N) is 2. The van der Waals surface area contributed by atoms with Crippen molar-refractivity contribution in [2.75, 3.05) is 0 Å². The van der Waals surface area contributed by atoms with Crippen LogP contribution in [0.5, 0.6) is 0 Å². The van der Waals surface area contributed by atoms with Crippen molar-refractivity contribution in [3.05, 3.63) is 60.7 Å². The predicted octanol–water partition coefficient (Wildman–Crippen LogP) is 3.53. The van der Waals surface area contributed by atoms with E-state index < -0.39 is 0 Å².